The van der Waals surface area contributed by atoms with Gasteiger partial charge < -0.3 is 4.90 Å². The minimum absolute atomic E-state index is 1.10. The minimum Gasteiger partial charge on any atom is -0.310 e. The molecule has 0 radical (unpaired) electrons. The molecule has 0 N–H and O–H groups in total. The van der Waals surface area contributed by atoms with Gasteiger partial charge >= 0.3 is 0 Å². The van der Waals surface area contributed by atoms with E-state index in [2.05, 4.69) is 241 Å². The van der Waals surface area contributed by atoms with Crippen LogP contribution in [0.5, 0.6) is 0 Å². The zero-order valence-electron chi connectivity index (χ0n) is 32.9. The van der Waals surface area contributed by atoms with E-state index in [1.807, 2.05) is 11.3 Å². The van der Waals surface area contributed by atoms with E-state index in [1.165, 1.54) is 86.6 Å². The summed E-state index contributed by atoms with van der Waals surface area (Å²) < 4.78 is 2.59. The lowest BCUT2D eigenvalue weighted by Crippen LogP contribution is -2.09. The van der Waals surface area contributed by atoms with E-state index in [0.29, 0.717) is 0 Å². The molecule has 0 fully saturated rings. The lowest BCUT2D eigenvalue weighted by Gasteiger charge is -2.26. The second-order valence-electron chi connectivity index (χ2n) is 15.3. The van der Waals surface area contributed by atoms with Gasteiger partial charge in [-0.3, -0.25) is 0 Å². The number of nitrogens with zero attached hydrogens (tertiary/aromatic N) is 1. The van der Waals surface area contributed by atoms with E-state index in [1.54, 1.807) is 0 Å². The molecule has 0 unspecified atom stereocenters. The van der Waals surface area contributed by atoms with Gasteiger partial charge in [0.05, 0.1) is 0 Å². The minimum atomic E-state index is 1.10. The van der Waals surface area contributed by atoms with Gasteiger partial charge in [-0.25, -0.2) is 0 Å². The largest absolute Gasteiger partial charge is 0.310 e. The molecule has 1 heterocycles. The third-order valence-electron chi connectivity index (χ3n) is 11.7. The number of hydrogen-bond donors (Lipinski definition) is 0. The number of hydrogen-bond acceptors (Lipinski definition) is 2. The van der Waals surface area contributed by atoms with Gasteiger partial charge in [-0.15, -0.1) is 11.3 Å². The summed E-state index contributed by atoms with van der Waals surface area (Å²) in [5.41, 5.74) is 15.5. The highest BCUT2D eigenvalue weighted by atomic mass is 32.1. The summed E-state index contributed by atoms with van der Waals surface area (Å²) in [6, 6.07) is 86.1. The smallest absolute Gasteiger partial charge is 0.0476 e. The normalized spacial score (nSPS) is 11.3. The van der Waals surface area contributed by atoms with E-state index < -0.39 is 0 Å². The fourth-order valence-electron chi connectivity index (χ4n) is 8.77. The third kappa shape index (κ3) is 6.54. The molecular weight excluding hydrogens is 743 g/mol. The molecule has 0 saturated heterocycles. The first-order valence-corrected chi connectivity index (χ1v) is 21.3. The van der Waals surface area contributed by atoms with Gasteiger partial charge in [0.2, 0.25) is 0 Å². The predicted molar refractivity (Wildman–Crippen MR) is 259 cm³/mol. The second-order valence-corrected chi connectivity index (χ2v) is 16.4. The molecule has 0 amide bonds. The van der Waals surface area contributed by atoms with E-state index >= 15 is 0 Å². The predicted octanol–water partition coefficient (Wildman–Crippen LogP) is 17.0. The Hall–Kier alpha value is -7.52. The first-order valence-electron chi connectivity index (χ1n) is 20.5. The van der Waals surface area contributed by atoms with Crippen molar-refractivity contribution in [1.29, 1.82) is 0 Å². The Labute approximate surface area is 354 Å². The Morgan fingerprint density at radius 3 is 1.47 bits per heavy atom. The van der Waals surface area contributed by atoms with Crippen LogP contribution in [0.3, 0.4) is 0 Å². The molecule has 2 heteroatoms. The van der Waals surface area contributed by atoms with Crippen LogP contribution < -0.4 is 4.90 Å². The monoisotopic (exact) mass is 781 g/mol. The summed E-state index contributed by atoms with van der Waals surface area (Å²) in [6.07, 6.45) is 0. The molecule has 0 spiro atoms. The van der Waals surface area contributed by atoms with Crippen molar-refractivity contribution in [2.75, 3.05) is 4.90 Å². The molecule has 0 atom stereocenters. The zero-order valence-corrected chi connectivity index (χ0v) is 33.7. The van der Waals surface area contributed by atoms with Gasteiger partial charge in [0.15, 0.2) is 0 Å². The molecule has 0 aliphatic heterocycles. The Morgan fingerprint density at radius 1 is 0.267 bits per heavy atom. The lowest BCUT2D eigenvalue weighted by atomic mass is 9.89. The maximum Gasteiger partial charge on any atom is 0.0476 e. The molecule has 60 heavy (non-hydrogen) atoms. The summed E-state index contributed by atoms with van der Waals surface area (Å²) in [7, 11) is 0. The van der Waals surface area contributed by atoms with Crippen molar-refractivity contribution in [3.8, 4) is 55.6 Å². The SMILES string of the molecule is c1ccc(-c2ccc(-c3ccc(N(c4ccc(-c5ccc6ccccc6c5-c5ccccc5)cc4)c4ccc5c(c4)sc4ccccc45)cc3)c(-c3ccccc3)c2)cc1. The van der Waals surface area contributed by atoms with Gasteiger partial charge in [-0.1, -0.05) is 188 Å². The van der Waals surface area contributed by atoms with E-state index in [-0.39, 0.29) is 0 Å². The summed E-state index contributed by atoms with van der Waals surface area (Å²) >= 11 is 1.86. The maximum atomic E-state index is 2.40. The van der Waals surface area contributed by atoms with Gasteiger partial charge in [-0.05, 0) is 115 Å². The average Bonchev–Trinajstić information content (AvgIpc) is 3.70. The second kappa shape index (κ2) is 15.3. The van der Waals surface area contributed by atoms with Crippen molar-refractivity contribution >= 4 is 59.3 Å². The lowest BCUT2D eigenvalue weighted by molar-refractivity contribution is 1.29. The fraction of sp³-hybridized carbons (Fsp3) is 0. The van der Waals surface area contributed by atoms with Crippen LogP contribution in [0.4, 0.5) is 17.1 Å². The Kier molecular flexibility index (Phi) is 9.11. The van der Waals surface area contributed by atoms with Crippen LogP contribution >= 0.6 is 11.3 Å². The van der Waals surface area contributed by atoms with Crippen LogP contribution in [0.25, 0.3) is 86.6 Å². The quantitative estimate of drug-likeness (QED) is 0.148. The molecule has 0 aliphatic rings. The molecule has 11 aromatic rings. The highest BCUT2D eigenvalue weighted by Crippen LogP contribution is 2.44. The van der Waals surface area contributed by atoms with Crippen LogP contribution in [0.2, 0.25) is 0 Å². The summed E-state index contributed by atoms with van der Waals surface area (Å²) in [6.45, 7) is 0. The summed E-state index contributed by atoms with van der Waals surface area (Å²) in [5, 5.41) is 5.10. The zero-order chi connectivity index (χ0) is 39.8. The highest BCUT2D eigenvalue weighted by molar-refractivity contribution is 7.25. The van der Waals surface area contributed by atoms with Crippen molar-refractivity contribution < 1.29 is 0 Å². The molecule has 1 nitrogen and oxygen atoms in total. The molecule has 0 aliphatic carbocycles. The van der Waals surface area contributed by atoms with E-state index in [4.69, 9.17) is 0 Å². The van der Waals surface area contributed by atoms with Crippen molar-refractivity contribution in [2.24, 2.45) is 0 Å². The van der Waals surface area contributed by atoms with E-state index in [9.17, 15) is 0 Å². The average molecular weight is 782 g/mol. The number of anilines is 3. The van der Waals surface area contributed by atoms with Crippen molar-refractivity contribution in [3.05, 3.63) is 237 Å². The molecule has 282 valence electrons. The number of thiophene rings is 1. The fourth-order valence-corrected chi connectivity index (χ4v) is 9.91. The molecular formula is C58H39NS. The van der Waals surface area contributed by atoms with Crippen LogP contribution in [-0.2, 0) is 0 Å². The van der Waals surface area contributed by atoms with Gasteiger partial charge in [0, 0.05) is 37.2 Å². The van der Waals surface area contributed by atoms with Gasteiger partial charge in [0.25, 0.3) is 0 Å². The summed E-state index contributed by atoms with van der Waals surface area (Å²) in [5.74, 6) is 0. The first kappa shape index (κ1) is 35.6. The van der Waals surface area contributed by atoms with Crippen molar-refractivity contribution in [2.45, 2.75) is 0 Å². The Balaban J connectivity index is 1.03. The summed E-state index contributed by atoms with van der Waals surface area (Å²) in [4.78, 5) is 2.40. The number of rotatable bonds is 8. The van der Waals surface area contributed by atoms with E-state index in [0.717, 1.165) is 17.1 Å². The van der Waals surface area contributed by atoms with Crippen LogP contribution in [0.15, 0.2) is 237 Å². The first-order chi connectivity index (χ1) is 29.7. The molecule has 1 aromatic heterocycles. The van der Waals surface area contributed by atoms with Crippen LogP contribution in [0, 0.1) is 0 Å². The molecule has 0 bridgehead atoms. The van der Waals surface area contributed by atoms with Crippen molar-refractivity contribution in [1.82, 2.24) is 0 Å². The number of fused-ring (bicyclic) bond motifs is 4. The van der Waals surface area contributed by atoms with Gasteiger partial charge in [0.1, 0.15) is 0 Å². The standard InChI is InChI=1S/C58H39NS/c1-4-14-40(15-5-1)46-29-35-50(55(38-46)41-16-6-2-7-17-41)43-24-30-47(31-25-43)59(49-34-37-54-53-22-12-13-23-56(53)60-57(54)39-49)48-32-26-44(27-33-48)52-36-28-42-18-10-11-21-51(42)58(52)45-19-8-3-9-20-45/h1-39H. The Bertz CT molecular complexity index is 3280. The maximum absolute atomic E-state index is 2.40. The molecule has 0 saturated carbocycles. The highest BCUT2D eigenvalue weighted by Gasteiger charge is 2.18. The molecule has 10 aromatic carbocycles. The molecule has 11 rings (SSSR count). The number of benzene rings is 10. The van der Waals surface area contributed by atoms with Gasteiger partial charge in [-0.2, -0.15) is 0 Å². The van der Waals surface area contributed by atoms with Crippen LogP contribution in [-0.4, -0.2) is 0 Å². The Morgan fingerprint density at radius 2 is 0.767 bits per heavy atom. The third-order valence-corrected chi connectivity index (χ3v) is 12.8. The van der Waals surface area contributed by atoms with Crippen LogP contribution in [0.1, 0.15) is 0 Å². The topological polar surface area (TPSA) is 3.24 Å². The van der Waals surface area contributed by atoms with Crippen molar-refractivity contribution in [3.63, 3.8) is 0 Å².